The van der Waals surface area contributed by atoms with E-state index in [4.69, 9.17) is 9.47 Å². The highest BCUT2D eigenvalue weighted by Crippen LogP contribution is 2.27. The standard InChI is InChI=1S/C19H24N2O3/c1-20-11-10-18(22)21-19(14-6-4-8-16(12-14)23-2)15-7-5-9-17(13-15)24-3/h4-9,12-13,19-20H,10-11H2,1-3H3,(H,21,22). The van der Waals surface area contributed by atoms with Crippen LogP contribution < -0.4 is 20.1 Å². The van der Waals surface area contributed by atoms with Crippen molar-refractivity contribution in [1.29, 1.82) is 0 Å². The van der Waals surface area contributed by atoms with Crippen molar-refractivity contribution >= 4 is 5.91 Å². The molecule has 1 amide bonds. The minimum Gasteiger partial charge on any atom is -0.497 e. The van der Waals surface area contributed by atoms with Crippen molar-refractivity contribution in [2.75, 3.05) is 27.8 Å². The second kappa shape index (κ2) is 8.93. The molecule has 0 saturated heterocycles. The Labute approximate surface area is 143 Å². The minimum atomic E-state index is -0.264. The number of rotatable bonds is 8. The summed E-state index contributed by atoms with van der Waals surface area (Å²) in [5.41, 5.74) is 1.92. The van der Waals surface area contributed by atoms with Gasteiger partial charge in [-0.2, -0.15) is 0 Å². The number of ether oxygens (including phenoxy) is 2. The van der Waals surface area contributed by atoms with Crippen LogP contribution in [0.5, 0.6) is 11.5 Å². The molecule has 0 aliphatic carbocycles. The van der Waals surface area contributed by atoms with Gasteiger partial charge in [-0.25, -0.2) is 0 Å². The summed E-state index contributed by atoms with van der Waals surface area (Å²) >= 11 is 0. The summed E-state index contributed by atoms with van der Waals surface area (Å²) in [6.45, 7) is 0.634. The van der Waals surface area contributed by atoms with E-state index in [1.165, 1.54) is 0 Å². The Hall–Kier alpha value is -2.53. The highest BCUT2D eigenvalue weighted by atomic mass is 16.5. The fourth-order valence-electron chi connectivity index (χ4n) is 2.47. The van der Waals surface area contributed by atoms with E-state index in [0.29, 0.717) is 13.0 Å². The van der Waals surface area contributed by atoms with Crippen molar-refractivity contribution in [3.05, 3.63) is 59.7 Å². The molecule has 2 aromatic rings. The van der Waals surface area contributed by atoms with Crippen LogP contribution in [0.25, 0.3) is 0 Å². The van der Waals surface area contributed by atoms with Crippen molar-refractivity contribution in [2.45, 2.75) is 12.5 Å². The van der Waals surface area contributed by atoms with E-state index in [0.717, 1.165) is 22.6 Å². The van der Waals surface area contributed by atoms with Crippen LogP contribution >= 0.6 is 0 Å². The van der Waals surface area contributed by atoms with Gasteiger partial charge in [0.05, 0.1) is 20.3 Å². The summed E-state index contributed by atoms with van der Waals surface area (Å²) in [5, 5.41) is 6.08. The average molecular weight is 328 g/mol. The molecule has 24 heavy (non-hydrogen) atoms. The molecule has 0 radical (unpaired) electrons. The molecule has 0 saturated carbocycles. The van der Waals surface area contributed by atoms with Gasteiger partial charge in [0.1, 0.15) is 11.5 Å². The van der Waals surface area contributed by atoms with E-state index >= 15 is 0 Å². The molecule has 0 heterocycles. The number of benzene rings is 2. The van der Waals surface area contributed by atoms with Crippen LogP contribution in [0, 0.1) is 0 Å². The van der Waals surface area contributed by atoms with E-state index < -0.39 is 0 Å². The number of carbonyl (C=O) groups is 1. The molecule has 0 aromatic heterocycles. The Bertz CT molecular complexity index is 626. The molecule has 0 spiro atoms. The van der Waals surface area contributed by atoms with Gasteiger partial charge in [0.25, 0.3) is 0 Å². The van der Waals surface area contributed by atoms with E-state index in [2.05, 4.69) is 10.6 Å². The molecule has 0 aliphatic rings. The molecular weight excluding hydrogens is 304 g/mol. The molecule has 0 fully saturated rings. The van der Waals surface area contributed by atoms with Crippen LogP contribution in [-0.2, 0) is 4.79 Å². The Morgan fingerprint density at radius 1 is 1.00 bits per heavy atom. The zero-order chi connectivity index (χ0) is 17.4. The van der Waals surface area contributed by atoms with Crippen molar-refractivity contribution in [3.63, 3.8) is 0 Å². The molecule has 5 nitrogen and oxygen atoms in total. The lowest BCUT2D eigenvalue weighted by molar-refractivity contribution is -0.121. The molecule has 5 heteroatoms. The summed E-state index contributed by atoms with van der Waals surface area (Å²) < 4.78 is 10.6. The lowest BCUT2D eigenvalue weighted by Crippen LogP contribution is -2.31. The van der Waals surface area contributed by atoms with Gasteiger partial charge in [0.15, 0.2) is 0 Å². The van der Waals surface area contributed by atoms with Gasteiger partial charge in [0.2, 0.25) is 5.91 Å². The highest BCUT2D eigenvalue weighted by molar-refractivity contribution is 5.77. The number of hydrogen-bond acceptors (Lipinski definition) is 4. The van der Waals surface area contributed by atoms with Gasteiger partial charge in [-0.1, -0.05) is 24.3 Å². The minimum absolute atomic E-state index is 0.0139. The molecular formula is C19H24N2O3. The van der Waals surface area contributed by atoms with Crippen LogP contribution in [0.4, 0.5) is 0 Å². The normalized spacial score (nSPS) is 10.5. The average Bonchev–Trinajstić information content (AvgIpc) is 2.64. The summed E-state index contributed by atoms with van der Waals surface area (Å²) in [5.74, 6) is 1.50. The van der Waals surface area contributed by atoms with Gasteiger partial charge < -0.3 is 20.1 Å². The van der Waals surface area contributed by atoms with E-state index in [1.54, 1.807) is 14.2 Å². The van der Waals surface area contributed by atoms with Crippen LogP contribution in [0.2, 0.25) is 0 Å². The number of nitrogens with one attached hydrogen (secondary N) is 2. The van der Waals surface area contributed by atoms with Crippen molar-refractivity contribution in [2.24, 2.45) is 0 Å². The summed E-state index contributed by atoms with van der Waals surface area (Å²) in [4.78, 5) is 12.3. The summed E-state index contributed by atoms with van der Waals surface area (Å²) in [6.07, 6.45) is 0.418. The quantitative estimate of drug-likeness (QED) is 0.782. The maximum atomic E-state index is 12.3. The molecule has 0 aliphatic heterocycles. The van der Waals surface area contributed by atoms with Crippen LogP contribution in [0.3, 0.4) is 0 Å². The lowest BCUT2D eigenvalue weighted by atomic mass is 9.98. The zero-order valence-corrected chi connectivity index (χ0v) is 14.3. The van der Waals surface area contributed by atoms with E-state index in [-0.39, 0.29) is 11.9 Å². The van der Waals surface area contributed by atoms with Crippen LogP contribution in [0.1, 0.15) is 23.6 Å². The summed E-state index contributed by atoms with van der Waals surface area (Å²) in [6, 6.07) is 15.2. The number of amides is 1. The fraction of sp³-hybridized carbons (Fsp3) is 0.316. The smallest absolute Gasteiger partial charge is 0.222 e. The maximum Gasteiger partial charge on any atom is 0.222 e. The van der Waals surface area contributed by atoms with Crippen LogP contribution in [0.15, 0.2) is 48.5 Å². The van der Waals surface area contributed by atoms with Crippen molar-refractivity contribution in [3.8, 4) is 11.5 Å². The monoisotopic (exact) mass is 328 g/mol. The first kappa shape index (κ1) is 17.8. The number of methoxy groups -OCH3 is 2. The second-order valence-electron chi connectivity index (χ2n) is 5.41. The largest absolute Gasteiger partial charge is 0.497 e. The molecule has 2 aromatic carbocycles. The first-order chi connectivity index (χ1) is 11.7. The second-order valence-corrected chi connectivity index (χ2v) is 5.41. The Balaban J connectivity index is 2.34. The van der Waals surface area contributed by atoms with E-state index in [1.807, 2.05) is 55.6 Å². The number of carbonyl (C=O) groups excluding carboxylic acids is 1. The Kier molecular flexibility index (Phi) is 6.63. The molecule has 2 rings (SSSR count). The van der Waals surface area contributed by atoms with Gasteiger partial charge in [0, 0.05) is 13.0 Å². The third kappa shape index (κ3) is 4.73. The molecule has 2 N–H and O–H groups in total. The molecule has 0 unspecified atom stereocenters. The van der Waals surface area contributed by atoms with Gasteiger partial charge in [-0.15, -0.1) is 0 Å². The first-order valence-corrected chi connectivity index (χ1v) is 7.89. The van der Waals surface area contributed by atoms with Gasteiger partial charge >= 0.3 is 0 Å². The maximum absolute atomic E-state index is 12.3. The number of hydrogen-bond donors (Lipinski definition) is 2. The fourth-order valence-corrected chi connectivity index (χ4v) is 2.47. The molecule has 0 atom stereocenters. The predicted octanol–water partition coefficient (Wildman–Crippen LogP) is 2.52. The predicted molar refractivity (Wildman–Crippen MR) is 94.5 cm³/mol. The van der Waals surface area contributed by atoms with Gasteiger partial charge in [-0.05, 0) is 42.4 Å². The Morgan fingerprint density at radius 2 is 1.54 bits per heavy atom. The Morgan fingerprint density at radius 3 is 2.00 bits per heavy atom. The third-order valence-electron chi connectivity index (χ3n) is 3.76. The van der Waals surface area contributed by atoms with E-state index in [9.17, 15) is 4.79 Å². The van der Waals surface area contributed by atoms with Gasteiger partial charge in [-0.3, -0.25) is 4.79 Å². The first-order valence-electron chi connectivity index (χ1n) is 7.89. The third-order valence-corrected chi connectivity index (χ3v) is 3.76. The molecule has 128 valence electrons. The molecule has 0 bridgehead atoms. The highest BCUT2D eigenvalue weighted by Gasteiger charge is 2.18. The summed E-state index contributed by atoms with van der Waals surface area (Å²) in [7, 11) is 5.09. The SMILES string of the molecule is CNCCC(=O)NC(c1cccc(OC)c1)c1cccc(OC)c1. The lowest BCUT2D eigenvalue weighted by Gasteiger charge is -2.21. The van der Waals surface area contributed by atoms with Crippen molar-refractivity contribution in [1.82, 2.24) is 10.6 Å². The zero-order valence-electron chi connectivity index (χ0n) is 14.3. The van der Waals surface area contributed by atoms with Crippen LogP contribution in [-0.4, -0.2) is 33.7 Å². The topological polar surface area (TPSA) is 59.6 Å². The van der Waals surface area contributed by atoms with Crippen molar-refractivity contribution < 1.29 is 14.3 Å².